The Bertz CT molecular complexity index is 490. The van der Waals surface area contributed by atoms with Gasteiger partial charge in [0.05, 0.1) is 11.8 Å². The van der Waals surface area contributed by atoms with Gasteiger partial charge in [0.25, 0.3) is 5.91 Å². The number of carbonyl (C=O) groups is 1. The fraction of sp³-hybridized carbons (Fsp3) is 0.692. The largest absolute Gasteiger partial charge is 0.358 e. The first-order chi connectivity index (χ1) is 9.56. The lowest BCUT2D eigenvalue weighted by atomic mass is 10.1. The van der Waals surface area contributed by atoms with Crippen LogP contribution >= 0.6 is 0 Å². The van der Waals surface area contributed by atoms with Gasteiger partial charge < -0.3 is 15.4 Å². The molecule has 0 radical (unpaired) electrons. The molecule has 20 heavy (non-hydrogen) atoms. The van der Waals surface area contributed by atoms with Crippen LogP contribution in [0, 0.1) is 17.0 Å². The molecule has 0 bridgehead atoms. The first-order valence-corrected chi connectivity index (χ1v) is 7.04. The van der Waals surface area contributed by atoms with Gasteiger partial charge >= 0.3 is 5.82 Å². The van der Waals surface area contributed by atoms with E-state index in [-0.39, 0.29) is 24.3 Å². The van der Waals surface area contributed by atoms with Gasteiger partial charge in [-0.25, -0.2) is 0 Å². The zero-order valence-corrected chi connectivity index (χ0v) is 11.7. The summed E-state index contributed by atoms with van der Waals surface area (Å²) < 4.78 is 1.15. The van der Waals surface area contributed by atoms with Crippen LogP contribution in [0.25, 0.3) is 0 Å². The van der Waals surface area contributed by atoms with Crippen molar-refractivity contribution in [2.45, 2.75) is 58.0 Å². The zero-order chi connectivity index (χ0) is 14.5. The maximum Gasteiger partial charge on any atom is 0.345 e. The molecule has 1 aromatic heterocycles. The van der Waals surface area contributed by atoms with E-state index in [9.17, 15) is 14.9 Å². The van der Waals surface area contributed by atoms with Crippen LogP contribution in [0.1, 0.15) is 44.2 Å². The second-order valence-corrected chi connectivity index (χ2v) is 5.31. The van der Waals surface area contributed by atoms with Gasteiger partial charge in [-0.1, -0.05) is 30.8 Å². The predicted octanol–water partition coefficient (Wildman–Crippen LogP) is 1.94. The van der Waals surface area contributed by atoms with Gasteiger partial charge in [0.1, 0.15) is 0 Å². The van der Waals surface area contributed by atoms with E-state index in [1.165, 1.54) is 18.9 Å². The van der Waals surface area contributed by atoms with E-state index in [2.05, 4.69) is 10.4 Å². The van der Waals surface area contributed by atoms with Gasteiger partial charge in [0.15, 0.2) is 6.54 Å². The number of nitro groups is 1. The quantitative estimate of drug-likeness (QED) is 0.518. The highest BCUT2D eigenvalue weighted by molar-refractivity contribution is 5.76. The minimum absolute atomic E-state index is 0.0966. The van der Waals surface area contributed by atoms with Crippen LogP contribution in [-0.2, 0) is 11.3 Å². The highest BCUT2D eigenvalue weighted by atomic mass is 16.6. The number of nitrogens with zero attached hydrogens (tertiary/aromatic N) is 3. The molecule has 2 rings (SSSR count). The number of hydrogen-bond donors (Lipinski definition) is 1. The molecule has 0 saturated heterocycles. The number of aromatic nitrogens is 2. The van der Waals surface area contributed by atoms with E-state index in [0.29, 0.717) is 5.69 Å². The smallest absolute Gasteiger partial charge is 0.345 e. The van der Waals surface area contributed by atoms with Crippen LogP contribution < -0.4 is 5.32 Å². The Kier molecular flexibility index (Phi) is 4.70. The van der Waals surface area contributed by atoms with E-state index in [0.717, 1.165) is 30.4 Å². The Labute approximate surface area is 117 Å². The number of amides is 1. The summed E-state index contributed by atoms with van der Waals surface area (Å²) in [6.45, 7) is 1.58. The number of aryl methyl sites for hydroxylation is 1. The van der Waals surface area contributed by atoms with Crippen molar-refractivity contribution in [1.82, 2.24) is 15.1 Å². The second kappa shape index (κ2) is 6.49. The third-order valence-corrected chi connectivity index (χ3v) is 3.58. The first kappa shape index (κ1) is 14.5. The van der Waals surface area contributed by atoms with Crippen molar-refractivity contribution in [1.29, 1.82) is 0 Å². The van der Waals surface area contributed by atoms with Crippen LogP contribution in [0.15, 0.2) is 6.07 Å². The van der Waals surface area contributed by atoms with Crippen molar-refractivity contribution in [3.63, 3.8) is 0 Å². The molecule has 1 aromatic rings. The van der Waals surface area contributed by atoms with Crippen LogP contribution in [0.4, 0.5) is 5.82 Å². The summed E-state index contributed by atoms with van der Waals surface area (Å²) in [5.74, 6) is -0.346. The van der Waals surface area contributed by atoms with Crippen LogP contribution in [0.5, 0.6) is 0 Å². The minimum Gasteiger partial charge on any atom is -0.358 e. The summed E-state index contributed by atoms with van der Waals surface area (Å²) in [5.41, 5.74) is 0.541. The molecule has 7 heteroatoms. The molecule has 1 N–H and O–H groups in total. The maximum absolute atomic E-state index is 12.0. The molecule has 1 amide bonds. The molecule has 7 nitrogen and oxygen atoms in total. The average molecular weight is 280 g/mol. The Hall–Kier alpha value is -1.92. The molecule has 1 aliphatic rings. The highest BCUT2D eigenvalue weighted by Gasteiger charge is 2.21. The van der Waals surface area contributed by atoms with Crippen molar-refractivity contribution in [2.75, 3.05) is 0 Å². The highest BCUT2D eigenvalue weighted by Crippen LogP contribution is 2.17. The lowest BCUT2D eigenvalue weighted by Gasteiger charge is -2.15. The molecule has 0 unspecified atom stereocenters. The van der Waals surface area contributed by atoms with Gasteiger partial charge in [-0.2, -0.15) is 0 Å². The lowest BCUT2D eigenvalue weighted by molar-refractivity contribution is -0.392. The first-order valence-electron chi connectivity index (χ1n) is 7.04. The van der Waals surface area contributed by atoms with Gasteiger partial charge in [-0.3, -0.25) is 4.79 Å². The summed E-state index contributed by atoms with van der Waals surface area (Å²) in [6.07, 6.45) is 6.68. The SMILES string of the molecule is Cc1cc([N+](=O)[O-])n(CC(=O)NC2CCCCCC2)n1. The van der Waals surface area contributed by atoms with E-state index in [4.69, 9.17) is 0 Å². The van der Waals surface area contributed by atoms with Gasteiger partial charge in [-0.15, -0.1) is 4.68 Å². The van der Waals surface area contributed by atoms with E-state index < -0.39 is 4.92 Å². The van der Waals surface area contributed by atoms with Crippen LogP contribution in [0.3, 0.4) is 0 Å². The van der Waals surface area contributed by atoms with Gasteiger partial charge in [0.2, 0.25) is 0 Å². The van der Waals surface area contributed by atoms with Gasteiger partial charge in [-0.05, 0) is 24.7 Å². The van der Waals surface area contributed by atoms with Crippen LogP contribution in [-0.4, -0.2) is 26.7 Å². The van der Waals surface area contributed by atoms with E-state index >= 15 is 0 Å². The molecular formula is C13H20N4O3. The molecule has 110 valence electrons. The van der Waals surface area contributed by atoms with Crippen molar-refractivity contribution >= 4 is 11.7 Å². The average Bonchev–Trinajstić information content (AvgIpc) is 2.59. The summed E-state index contributed by atoms with van der Waals surface area (Å²) in [7, 11) is 0. The van der Waals surface area contributed by atoms with E-state index in [1.807, 2.05) is 0 Å². The Morgan fingerprint density at radius 2 is 2.10 bits per heavy atom. The topological polar surface area (TPSA) is 90.1 Å². The zero-order valence-electron chi connectivity index (χ0n) is 11.7. The van der Waals surface area contributed by atoms with E-state index in [1.54, 1.807) is 6.92 Å². The standard InChI is InChI=1S/C13H20N4O3/c1-10-8-13(17(19)20)16(15-10)9-12(18)14-11-6-4-2-3-5-7-11/h8,11H,2-7,9H2,1H3,(H,14,18). The van der Waals surface area contributed by atoms with Crippen molar-refractivity contribution in [2.24, 2.45) is 0 Å². The molecule has 1 fully saturated rings. The molecule has 0 aliphatic heterocycles. The van der Waals surface area contributed by atoms with Crippen LogP contribution in [0.2, 0.25) is 0 Å². The summed E-state index contributed by atoms with van der Waals surface area (Å²) in [6, 6.07) is 1.57. The molecule has 0 spiro atoms. The number of carbonyl (C=O) groups excluding carboxylic acids is 1. The predicted molar refractivity (Wildman–Crippen MR) is 73.3 cm³/mol. The second-order valence-electron chi connectivity index (χ2n) is 5.31. The fourth-order valence-corrected chi connectivity index (χ4v) is 2.63. The number of rotatable bonds is 4. The van der Waals surface area contributed by atoms with Crippen molar-refractivity contribution < 1.29 is 9.72 Å². The Balaban J connectivity index is 1.95. The molecular weight excluding hydrogens is 260 g/mol. The third-order valence-electron chi connectivity index (χ3n) is 3.58. The molecule has 1 aliphatic carbocycles. The molecule has 0 aromatic carbocycles. The minimum atomic E-state index is -0.515. The number of hydrogen-bond acceptors (Lipinski definition) is 4. The summed E-state index contributed by atoms with van der Waals surface area (Å²) in [4.78, 5) is 22.3. The van der Waals surface area contributed by atoms with Crippen molar-refractivity contribution in [3.8, 4) is 0 Å². The summed E-state index contributed by atoms with van der Waals surface area (Å²) >= 11 is 0. The number of nitrogens with one attached hydrogen (secondary N) is 1. The van der Waals surface area contributed by atoms with Crippen molar-refractivity contribution in [3.05, 3.63) is 21.9 Å². The van der Waals surface area contributed by atoms with Gasteiger partial charge in [0, 0.05) is 6.04 Å². The molecule has 1 saturated carbocycles. The third kappa shape index (κ3) is 3.79. The monoisotopic (exact) mass is 280 g/mol. The molecule has 0 atom stereocenters. The lowest BCUT2D eigenvalue weighted by Crippen LogP contribution is -2.37. The fourth-order valence-electron chi connectivity index (χ4n) is 2.63. The molecule has 1 heterocycles. The Morgan fingerprint density at radius 1 is 1.45 bits per heavy atom. The normalized spacial score (nSPS) is 16.6. The maximum atomic E-state index is 12.0. The summed E-state index contributed by atoms with van der Waals surface area (Å²) in [5, 5.41) is 17.8. The Morgan fingerprint density at radius 3 is 2.70 bits per heavy atom.